The van der Waals surface area contributed by atoms with Gasteiger partial charge in [0.25, 0.3) is 0 Å². The molecule has 0 radical (unpaired) electrons. The van der Waals surface area contributed by atoms with Gasteiger partial charge in [0.2, 0.25) is 0 Å². The maximum Gasteiger partial charge on any atom is 0.132 e. The molecular formula is C14H24N4O. The minimum absolute atomic E-state index is 0.493. The van der Waals surface area contributed by atoms with E-state index >= 15 is 0 Å². The molecule has 19 heavy (non-hydrogen) atoms. The third kappa shape index (κ3) is 4.44. The lowest BCUT2D eigenvalue weighted by Crippen LogP contribution is -2.28. The molecular weight excluding hydrogens is 240 g/mol. The van der Waals surface area contributed by atoms with E-state index in [1.807, 2.05) is 13.1 Å². The van der Waals surface area contributed by atoms with Gasteiger partial charge in [-0.25, -0.2) is 9.97 Å². The lowest BCUT2D eigenvalue weighted by Gasteiger charge is -2.17. The van der Waals surface area contributed by atoms with Crippen LogP contribution in [0.5, 0.6) is 0 Å². The number of nitrogens with zero attached hydrogens (tertiary/aromatic N) is 2. The van der Waals surface area contributed by atoms with E-state index in [4.69, 9.17) is 4.74 Å². The summed E-state index contributed by atoms with van der Waals surface area (Å²) in [5.74, 6) is 2.29. The van der Waals surface area contributed by atoms with Gasteiger partial charge in [0, 0.05) is 37.3 Å². The second-order valence-electron chi connectivity index (χ2n) is 5.07. The normalized spacial score (nSPS) is 20.0. The fraction of sp³-hybridized carbons (Fsp3) is 0.714. The minimum atomic E-state index is 0.493. The first kappa shape index (κ1) is 14.2. The molecule has 0 aromatic carbocycles. The summed E-state index contributed by atoms with van der Waals surface area (Å²) in [7, 11) is 0. The first-order valence-corrected chi connectivity index (χ1v) is 7.14. The second kappa shape index (κ2) is 7.40. The monoisotopic (exact) mass is 264 g/mol. The average molecular weight is 264 g/mol. The van der Waals surface area contributed by atoms with Crippen LogP contribution in [0.2, 0.25) is 0 Å². The Hall–Kier alpha value is -1.20. The average Bonchev–Trinajstić information content (AvgIpc) is 2.68. The molecule has 0 saturated carbocycles. The molecule has 0 bridgehead atoms. The van der Waals surface area contributed by atoms with E-state index in [0.29, 0.717) is 5.92 Å². The molecule has 1 atom stereocenters. The summed E-state index contributed by atoms with van der Waals surface area (Å²) < 4.78 is 5.56. The number of aromatic nitrogens is 2. The number of aryl methyl sites for hydroxylation is 2. The Bertz CT molecular complexity index is 389. The lowest BCUT2D eigenvalue weighted by atomic mass is 10.1. The highest BCUT2D eigenvalue weighted by molar-refractivity contribution is 5.43. The lowest BCUT2D eigenvalue weighted by molar-refractivity contribution is 0.127. The molecule has 2 heterocycles. The van der Waals surface area contributed by atoms with Crippen molar-refractivity contribution in [3.05, 3.63) is 17.6 Å². The molecule has 1 aromatic heterocycles. The summed E-state index contributed by atoms with van der Waals surface area (Å²) in [5.41, 5.74) is 1.20. The molecule has 5 nitrogen and oxygen atoms in total. The molecule has 1 aliphatic rings. The van der Waals surface area contributed by atoms with Crippen molar-refractivity contribution in [1.29, 1.82) is 0 Å². The van der Waals surface area contributed by atoms with Gasteiger partial charge in [0.15, 0.2) is 0 Å². The first-order valence-electron chi connectivity index (χ1n) is 7.14. The van der Waals surface area contributed by atoms with Crippen LogP contribution < -0.4 is 10.6 Å². The van der Waals surface area contributed by atoms with E-state index in [9.17, 15) is 0 Å². The fourth-order valence-corrected chi connectivity index (χ4v) is 2.23. The van der Waals surface area contributed by atoms with Crippen LogP contribution in [0, 0.1) is 12.8 Å². The predicted octanol–water partition coefficient (Wildman–Crippen LogP) is 1.39. The zero-order valence-corrected chi connectivity index (χ0v) is 11.9. The highest BCUT2D eigenvalue weighted by Crippen LogP contribution is 2.14. The zero-order chi connectivity index (χ0) is 13.5. The molecule has 0 aliphatic carbocycles. The number of ether oxygens (including phenoxy) is 1. The van der Waals surface area contributed by atoms with Crippen molar-refractivity contribution < 1.29 is 4.74 Å². The molecule has 1 saturated heterocycles. The number of hydrogen-bond donors (Lipinski definition) is 2. The maximum absolute atomic E-state index is 5.56. The van der Waals surface area contributed by atoms with Gasteiger partial charge in [-0.3, -0.25) is 0 Å². The van der Waals surface area contributed by atoms with Crippen molar-refractivity contribution in [1.82, 2.24) is 15.3 Å². The smallest absolute Gasteiger partial charge is 0.132 e. The van der Waals surface area contributed by atoms with Crippen molar-refractivity contribution in [3.63, 3.8) is 0 Å². The quantitative estimate of drug-likeness (QED) is 0.841. The Kier molecular flexibility index (Phi) is 5.54. The van der Waals surface area contributed by atoms with Gasteiger partial charge in [-0.15, -0.1) is 0 Å². The van der Waals surface area contributed by atoms with Crippen LogP contribution in [0.25, 0.3) is 0 Å². The third-order valence-electron chi connectivity index (χ3n) is 3.27. The molecule has 1 aliphatic heterocycles. The summed E-state index contributed by atoms with van der Waals surface area (Å²) in [6, 6.07) is 0. The van der Waals surface area contributed by atoms with Crippen molar-refractivity contribution in [2.24, 2.45) is 5.92 Å². The Balaban J connectivity index is 1.95. The molecule has 1 fully saturated rings. The van der Waals surface area contributed by atoms with Crippen LogP contribution in [0.15, 0.2) is 6.20 Å². The van der Waals surface area contributed by atoms with Crippen LogP contribution in [-0.2, 0) is 11.2 Å². The Morgan fingerprint density at radius 3 is 3.26 bits per heavy atom. The Labute approximate surface area is 115 Å². The van der Waals surface area contributed by atoms with Gasteiger partial charge >= 0.3 is 0 Å². The SMILES string of the molecule is CCCc1cnc(C)nc1NC[C@@H]1CNCCOC1. The zero-order valence-electron chi connectivity index (χ0n) is 11.9. The molecule has 2 N–H and O–H groups in total. The molecule has 2 rings (SSSR count). The van der Waals surface area contributed by atoms with Crippen molar-refractivity contribution in [2.75, 3.05) is 38.2 Å². The third-order valence-corrected chi connectivity index (χ3v) is 3.27. The van der Waals surface area contributed by atoms with Crippen molar-refractivity contribution in [3.8, 4) is 0 Å². The molecule has 106 valence electrons. The van der Waals surface area contributed by atoms with E-state index in [1.165, 1.54) is 5.56 Å². The summed E-state index contributed by atoms with van der Waals surface area (Å²) in [5, 5.41) is 6.85. The molecule has 0 amide bonds. The van der Waals surface area contributed by atoms with Gasteiger partial charge in [-0.05, 0) is 13.3 Å². The Morgan fingerprint density at radius 2 is 2.42 bits per heavy atom. The van der Waals surface area contributed by atoms with Crippen LogP contribution >= 0.6 is 0 Å². The highest BCUT2D eigenvalue weighted by Gasteiger charge is 2.13. The van der Waals surface area contributed by atoms with E-state index in [0.717, 1.165) is 57.3 Å². The summed E-state index contributed by atoms with van der Waals surface area (Å²) in [6.07, 6.45) is 4.06. The highest BCUT2D eigenvalue weighted by atomic mass is 16.5. The van der Waals surface area contributed by atoms with E-state index in [-0.39, 0.29) is 0 Å². The van der Waals surface area contributed by atoms with Crippen molar-refractivity contribution >= 4 is 5.82 Å². The van der Waals surface area contributed by atoms with E-state index in [2.05, 4.69) is 27.5 Å². The van der Waals surface area contributed by atoms with E-state index in [1.54, 1.807) is 0 Å². The summed E-state index contributed by atoms with van der Waals surface area (Å²) in [6.45, 7) is 8.56. The largest absolute Gasteiger partial charge is 0.380 e. The van der Waals surface area contributed by atoms with Gasteiger partial charge < -0.3 is 15.4 Å². The molecule has 0 unspecified atom stereocenters. The van der Waals surface area contributed by atoms with Crippen LogP contribution in [0.4, 0.5) is 5.82 Å². The number of hydrogen-bond acceptors (Lipinski definition) is 5. The minimum Gasteiger partial charge on any atom is -0.380 e. The predicted molar refractivity (Wildman–Crippen MR) is 76.4 cm³/mol. The molecule has 1 aromatic rings. The van der Waals surface area contributed by atoms with Gasteiger partial charge in [0.05, 0.1) is 13.2 Å². The molecule has 0 spiro atoms. The number of nitrogens with one attached hydrogen (secondary N) is 2. The van der Waals surface area contributed by atoms with Crippen LogP contribution in [0.1, 0.15) is 24.7 Å². The van der Waals surface area contributed by atoms with Gasteiger partial charge in [-0.2, -0.15) is 0 Å². The summed E-state index contributed by atoms with van der Waals surface area (Å²) in [4.78, 5) is 8.80. The number of rotatable bonds is 5. The van der Waals surface area contributed by atoms with E-state index < -0.39 is 0 Å². The number of anilines is 1. The van der Waals surface area contributed by atoms with Gasteiger partial charge in [0.1, 0.15) is 11.6 Å². The fourth-order valence-electron chi connectivity index (χ4n) is 2.23. The van der Waals surface area contributed by atoms with Crippen LogP contribution in [-0.4, -0.2) is 42.8 Å². The maximum atomic E-state index is 5.56. The Morgan fingerprint density at radius 1 is 1.53 bits per heavy atom. The van der Waals surface area contributed by atoms with Gasteiger partial charge in [-0.1, -0.05) is 13.3 Å². The first-order chi connectivity index (χ1) is 9.29. The van der Waals surface area contributed by atoms with Crippen LogP contribution in [0.3, 0.4) is 0 Å². The second-order valence-corrected chi connectivity index (χ2v) is 5.07. The topological polar surface area (TPSA) is 59.1 Å². The standard InChI is InChI=1S/C14H24N4O/c1-3-4-13-9-16-11(2)18-14(13)17-8-12-7-15-5-6-19-10-12/h9,12,15H,3-8,10H2,1-2H3,(H,16,17,18)/t12-/m0/s1. The molecule has 5 heteroatoms. The summed E-state index contributed by atoms with van der Waals surface area (Å²) >= 11 is 0. The van der Waals surface area contributed by atoms with Crippen molar-refractivity contribution in [2.45, 2.75) is 26.7 Å².